The van der Waals surface area contributed by atoms with Gasteiger partial charge in [0, 0.05) is 18.4 Å². The van der Waals surface area contributed by atoms with E-state index < -0.39 is 51.6 Å². The number of halogens is 5. The van der Waals surface area contributed by atoms with E-state index in [1.807, 2.05) is 0 Å². The number of ether oxygens (including phenoxy) is 1. The highest BCUT2D eigenvalue weighted by Crippen LogP contribution is 2.35. The topological polar surface area (TPSA) is 71.8 Å². The fraction of sp³-hybridized carbons (Fsp3) is 0.273. The molecule has 0 spiro atoms. The van der Waals surface area contributed by atoms with Crippen molar-refractivity contribution < 1.29 is 36.6 Å². The molecule has 2 heterocycles. The molecule has 0 radical (unpaired) electrons. The molecule has 0 saturated carbocycles. The second kappa shape index (κ2) is 8.47. The van der Waals surface area contributed by atoms with Crippen molar-refractivity contribution in [2.45, 2.75) is 25.7 Å². The van der Waals surface area contributed by atoms with Gasteiger partial charge in [0.2, 0.25) is 11.2 Å². The van der Waals surface area contributed by atoms with E-state index in [0.29, 0.717) is 12.6 Å². The highest BCUT2D eigenvalue weighted by Gasteiger charge is 2.35. The molecule has 2 aromatic carbocycles. The third kappa shape index (κ3) is 4.54. The van der Waals surface area contributed by atoms with Gasteiger partial charge in [-0.2, -0.15) is 4.39 Å². The summed E-state index contributed by atoms with van der Waals surface area (Å²) >= 11 is 0. The van der Waals surface area contributed by atoms with Gasteiger partial charge >= 0.3 is 12.3 Å². The summed E-state index contributed by atoms with van der Waals surface area (Å²) in [6, 6.07) is 6.70. The van der Waals surface area contributed by atoms with Gasteiger partial charge in [-0.25, -0.2) is 9.18 Å². The van der Waals surface area contributed by atoms with Crippen molar-refractivity contribution in [3.63, 3.8) is 0 Å². The monoisotopic (exact) mass is 468 g/mol. The summed E-state index contributed by atoms with van der Waals surface area (Å²) in [7, 11) is 0. The van der Waals surface area contributed by atoms with E-state index in [4.69, 9.17) is 0 Å². The maximum absolute atomic E-state index is 14.4. The molecule has 1 fully saturated rings. The van der Waals surface area contributed by atoms with E-state index in [9.17, 15) is 36.6 Å². The van der Waals surface area contributed by atoms with Crippen LogP contribution in [-0.4, -0.2) is 40.0 Å². The third-order valence-corrected chi connectivity index (χ3v) is 5.41. The zero-order chi connectivity index (χ0) is 23.9. The summed E-state index contributed by atoms with van der Waals surface area (Å²) in [5.41, 5.74) is -1.81. The van der Waals surface area contributed by atoms with Crippen LogP contribution in [0.2, 0.25) is 0 Å². The lowest BCUT2D eigenvalue weighted by Crippen LogP contribution is -2.23. The minimum absolute atomic E-state index is 0.130. The Kier molecular flexibility index (Phi) is 5.83. The first-order chi connectivity index (χ1) is 15.5. The third-order valence-electron chi connectivity index (χ3n) is 5.41. The molecule has 0 atom stereocenters. The number of nitrogens with zero attached hydrogens (tertiary/aromatic N) is 2. The number of aromatic carboxylic acids is 1. The van der Waals surface area contributed by atoms with E-state index in [1.165, 1.54) is 12.1 Å². The van der Waals surface area contributed by atoms with E-state index in [1.54, 1.807) is 12.1 Å². The highest BCUT2D eigenvalue weighted by molar-refractivity contribution is 5.95. The molecule has 174 valence electrons. The molecule has 0 bridgehead atoms. The van der Waals surface area contributed by atoms with Crippen molar-refractivity contribution in [3.8, 4) is 11.4 Å². The molecular formula is C22H17F5N2O4. The first kappa shape index (κ1) is 22.7. The number of aromatic nitrogens is 1. The standard InChI is InChI=1S/C22H17F5N2O4/c23-16-9-14-18(20(17(16)24)33-22(25,26)27)29(11-15(19(14)30)21(31)32)13-5-3-12(4-6-13)10-28-7-1-2-8-28/h3-6,9,11H,1-2,7-8,10H2,(H,31,32). The minimum atomic E-state index is -5.40. The Labute approximate surface area is 183 Å². The maximum atomic E-state index is 14.4. The predicted octanol–water partition coefficient (Wildman–Crippen LogP) is 4.46. The summed E-state index contributed by atoms with van der Waals surface area (Å²) in [6.45, 7) is 2.53. The Hall–Kier alpha value is -3.47. The SMILES string of the molecule is O=C(O)c1cn(-c2ccc(CN3CCCC3)cc2)c2c(OC(F)(F)F)c(F)c(F)cc2c1=O. The van der Waals surface area contributed by atoms with Gasteiger partial charge < -0.3 is 14.4 Å². The molecule has 1 aliphatic rings. The van der Waals surface area contributed by atoms with Gasteiger partial charge in [-0.15, -0.1) is 13.2 Å². The van der Waals surface area contributed by atoms with E-state index in [0.717, 1.165) is 42.3 Å². The molecule has 1 N–H and O–H groups in total. The molecule has 33 heavy (non-hydrogen) atoms. The Morgan fingerprint density at radius 1 is 1.09 bits per heavy atom. The predicted molar refractivity (Wildman–Crippen MR) is 108 cm³/mol. The quantitative estimate of drug-likeness (QED) is 0.560. The van der Waals surface area contributed by atoms with Crippen molar-refractivity contribution in [1.82, 2.24) is 9.47 Å². The van der Waals surface area contributed by atoms with Gasteiger partial charge in [0.25, 0.3) is 0 Å². The van der Waals surface area contributed by atoms with Gasteiger partial charge in [0.1, 0.15) is 11.1 Å². The van der Waals surface area contributed by atoms with Gasteiger partial charge in [-0.3, -0.25) is 9.69 Å². The molecule has 11 heteroatoms. The first-order valence-corrected chi connectivity index (χ1v) is 9.93. The van der Waals surface area contributed by atoms with Crippen LogP contribution in [0.15, 0.2) is 41.3 Å². The lowest BCUT2D eigenvalue weighted by atomic mass is 10.1. The lowest BCUT2D eigenvalue weighted by molar-refractivity contribution is -0.275. The first-order valence-electron chi connectivity index (χ1n) is 9.93. The molecule has 6 nitrogen and oxygen atoms in total. The number of carbonyl (C=O) groups is 1. The van der Waals surface area contributed by atoms with E-state index >= 15 is 0 Å². The molecule has 1 saturated heterocycles. The second-order valence-electron chi connectivity index (χ2n) is 7.64. The number of fused-ring (bicyclic) bond motifs is 1. The zero-order valence-corrected chi connectivity index (χ0v) is 17.0. The fourth-order valence-electron chi connectivity index (χ4n) is 3.93. The van der Waals surface area contributed by atoms with Crippen LogP contribution < -0.4 is 10.2 Å². The molecule has 4 rings (SSSR count). The van der Waals surface area contributed by atoms with Crippen LogP contribution in [0, 0.1) is 11.6 Å². The molecule has 0 amide bonds. The van der Waals surface area contributed by atoms with Crippen molar-refractivity contribution in [3.05, 3.63) is 69.5 Å². The van der Waals surface area contributed by atoms with Gasteiger partial charge in [-0.05, 0) is 49.7 Å². The van der Waals surface area contributed by atoms with Crippen LogP contribution in [0.25, 0.3) is 16.6 Å². The molecule has 0 unspecified atom stereocenters. The number of pyridine rings is 1. The van der Waals surface area contributed by atoms with Gasteiger partial charge in [0.05, 0.1) is 5.39 Å². The van der Waals surface area contributed by atoms with Crippen LogP contribution in [0.3, 0.4) is 0 Å². The van der Waals surface area contributed by atoms with Crippen LogP contribution in [0.4, 0.5) is 22.0 Å². The number of rotatable bonds is 5. The Balaban J connectivity index is 1.94. The van der Waals surface area contributed by atoms with Crippen molar-refractivity contribution >= 4 is 16.9 Å². The van der Waals surface area contributed by atoms with Gasteiger partial charge in [-0.1, -0.05) is 12.1 Å². The summed E-state index contributed by atoms with van der Waals surface area (Å²) < 4.78 is 72.0. The second-order valence-corrected chi connectivity index (χ2v) is 7.64. The average Bonchev–Trinajstić information content (AvgIpc) is 3.25. The molecule has 1 aliphatic heterocycles. The minimum Gasteiger partial charge on any atom is -0.477 e. The number of alkyl halides is 3. The largest absolute Gasteiger partial charge is 0.573 e. The number of hydrogen-bond acceptors (Lipinski definition) is 4. The number of carboxylic acid groups (broad SMARTS) is 1. The van der Waals surface area contributed by atoms with Crippen LogP contribution in [0.5, 0.6) is 5.75 Å². The molecule has 1 aromatic heterocycles. The fourth-order valence-corrected chi connectivity index (χ4v) is 3.93. The van der Waals surface area contributed by atoms with E-state index in [-0.39, 0.29) is 5.69 Å². The molecule has 0 aliphatic carbocycles. The van der Waals surface area contributed by atoms with Crippen LogP contribution >= 0.6 is 0 Å². The molecule has 3 aromatic rings. The van der Waals surface area contributed by atoms with Crippen LogP contribution in [-0.2, 0) is 6.54 Å². The van der Waals surface area contributed by atoms with E-state index in [2.05, 4.69) is 9.64 Å². The van der Waals surface area contributed by atoms with Crippen molar-refractivity contribution in [2.24, 2.45) is 0 Å². The van der Waals surface area contributed by atoms with Gasteiger partial charge in [0.15, 0.2) is 11.6 Å². The van der Waals surface area contributed by atoms with Crippen molar-refractivity contribution in [1.29, 1.82) is 0 Å². The smallest absolute Gasteiger partial charge is 0.477 e. The average molecular weight is 468 g/mol. The number of hydrogen-bond donors (Lipinski definition) is 1. The Bertz CT molecular complexity index is 1280. The summed E-state index contributed by atoms with van der Waals surface area (Å²) in [6.07, 6.45) is -2.45. The van der Waals surface area contributed by atoms with Crippen LogP contribution in [0.1, 0.15) is 28.8 Å². The summed E-state index contributed by atoms with van der Waals surface area (Å²) in [5.74, 6) is -6.98. The molecular weight excluding hydrogens is 451 g/mol. The number of likely N-dealkylation sites (tertiary alicyclic amines) is 1. The Morgan fingerprint density at radius 3 is 2.30 bits per heavy atom. The number of carboxylic acids is 1. The Morgan fingerprint density at radius 2 is 1.73 bits per heavy atom. The summed E-state index contributed by atoms with van der Waals surface area (Å²) in [5, 5.41) is 8.61. The maximum Gasteiger partial charge on any atom is 0.573 e. The zero-order valence-electron chi connectivity index (χ0n) is 17.0. The summed E-state index contributed by atoms with van der Waals surface area (Å²) in [4.78, 5) is 26.3. The highest BCUT2D eigenvalue weighted by atomic mass is 19.4. The van der Waals surface area contributed by atoms with Crippen molar-refractivity contribution in [2.75, 3.05) is 13.1 Å². The lowest BCUT2D eigenvalue weighted by Gasteiger charge is -2.19. The number of benzene rings is 2. The normalized spacial score (nSPS) is 14.7.